The molecule has 1 saturated heterocycles. The molecule has 0 aliphatic carbocycles. The van der Waals surface area contributed by atoms with Gasteiger partial charge in [0.1, 0.15) is 11.3 Å². The predicted octanol–water partition coefficient (Wildman–Crippen LogP) is 1.34. The Morgan fingerprint density at radius 2 is 2.05 bits per heavy atom. The van der Waals surface area contributed by atoms with Gasteiger partial charge in [-0.1, -0.05) is 0 Å². The molecule has 20 heavy (non-hydrogen) atoms. The van der Waals surface area contributed by atoms with Crippen LogP contribution in [0.1, 0.15) is 16.8 Å². The fourth-order valence-electron chi connectivity index (χ4n) is 1.94. The van der Waals surface area contributed by atoms with Crippen molar-refractivity contribution in [2.45, 2.75) is 6.42 Å². The summed E-state index contributed by atoms with van der Waals surface area (Å²) in [5, 5.41) is 20.9. The summed E-state index contributed by atoms with van der Waals surface area (Å²) in [6.45, 7) is 2.21. The number of urea groups is 1. The number of carbonyl (C=O) groups is 2. The molecule has 108 valence electrons. The highest BCUT2D eigenvalue weighted by molar-refractivity contribution is 5.95. The minimum atomic E-state index is -1.25. The van der Waals surface area contributed by atoms with Crippen molar-refractivity contribution in [2.75, 3.05) is 31.6 Å². The van der Waals surface area contributed by atoms with Crippen LogP contribution in [0.15, 0.2) is 18.2 Å². The van der Waals surface area contributed by atoms with Crippen molar-refractivity contribution in [3.63, 3.8) is 0 Å². The third-order valence-corrected chi connectivity index (χ3v) is 2.99. The number of anilines is 1. The standard InChI is InChI=1S/C13H16N2O5/c16-11-3-2-9(8-10(11)12(17)18)14-13(19)15-4-1-6-20-7-5-15/h2-3,8,16H,1,4-7H2,(H,14,19)(H,17,18). The van der Waals surface area contributed by atoms with Crippen LogP contribution in [0.4, 0.5) is 10.5 Å². The molecule has 1 heterocycles. The number of benzene rings is 1. The van der Waals surface area contributed by atoms with E-state index in [9.17, 15) is 14.7 Å². The summed E-state index contributed by atoms with van der Waals surface area (Å²) in [7, 11) is 0. The molecule has 7 nitrogen and oxygen atoms in total. The van der Waals surface area contributed by atoms with Crippen LogP contribution in [-0.2, 0) is 4.74 Å². The summed E-state index contributed by atoms with van der Waals surface area (Å²) < 4.78 is 5.26. The average Bonchev–Trinajstić information content (AvgIpc) is 2.69. The molecule has 1 aromatic carbocycles. The Balaban J connectivity index is 2.07. The molecule has 0 spiro atoms. The minimum absolute atomic E-state index is 0.248. The Hall–Kier alpha value is -2.28. The third kappa shape index (κ3) is 3.39. The number of carboxylic acids is 1. The van der Waals surface area contributed by atoms with Gasteiger partial charge in [-0.15, -0.1) is 0 Å². The predicted molar refractivity (Wildman–Crippen MR) is 71.1 cm³/mol. The maximum Gasteiger partial charge on any atom is 0.339 e. The van der Waals surface area contributed by atoms with E-state index in [1.807, 2.05) is 0 Å². The van der Waals surface area contributed by atoms with Gasteiger partial charge >= 0.3 is 12.0 Å². The molecule has 0 radical (unpaired) electrons. The summed E-state index contributed by atoms with van der Waals surface area (Å²) >= 11 is 0. The van der Waals surface area contributed by atoms with Gasteiger partial charge in [-0.3, -0.25) is 0 Å². The Bertz CT molecular complexity index is 509. The van der Waals surface area contributed by atoms with E-state index in [1.54, 1.807) is 4.90 Å². The van der Waals surface area contributed by atoms with Crippen LogP contribution in [0.25, 0.3) is 0 Å². The van der Waals surface area contributed by atoms with Crippen molar-refractivity contribution in [2.24, 2.45) is 0 Å². The zero-order valence-corrected chi connectivity index (χ0v) is 10.8. The Morgan fingerprint density at radius 1 is 1.25 bits per heavy atom. The van der Waals surface area contributed by atoms with Crippen LogP contribution < -0.4 is 5.32 Å². The number of rotatable bonds is 2. The van der Waals surface area contributed by atoms with Crippen LogP contribution >= 0.6 is 0 Å². The molecule has 2 amide bonds. The van der Waals surface area contributed by atoms with Gasteiger partial charge < -0.3 is 25.2 Å². The summed E-state index contributed by atoms with van der Waals surface area (Å²) in [5.41, 5.74) is 0.0809. The normalized spacial score (nSPS) is 15.5. The van der Waals surface area contributed by atoms with E-state index in [0.717, 1.165) is 6.42 Å². The second-order valence-corrected chi connectivity index (χ2v) is 4.42. The fraction of sp³-hybridized carbons (Fsp3) is 0.385. The summed E-state index contributed by atoms with van der Waals surface area (Å²) in [5.74, 6) is -1.58. The molecule has 0 aromatic heterocycles. The monoisotopic (exact) mass is 280 g/mol. The van der Waals surface area contributed by atoms with Crippen LogP contribution in [0.5, 0.6) is 5.75 Å². The van der Waals surface area contributed by atoms with Crippen molar-refractivity contribution < 1.29 is 24.5 Å². The first-order chi connectivity index (χ1) is 9.58. The van der Waals surface area contributed by atoms with Crippen molar-refractivity contribution in [3.05, 3.63) is 23.8 Å². The lowest BCUT2D eigenvalue weighted by atomic mass is 10.2. The molecule has 0 unspecified atom stereocenters. The number of carboxylic acid groups (broad SMARTS) is 1. The van der Waals surface area contributed by atoms with Crippen molar-refractivity contribution >= 4 is 17.7 Å². The smallest absolute Gasteiger partial charge is 0.339 e. The highest BCUT2D eigenvalue weighted by Crippen LogP contribution is 2.21. The molecule has 0 saturated carbocycles. The van der Waals surface area contributed by atoms with Gasteiger partial charge in [0.25, 0.3) is 0 Å². The van der Waals surface area contributed by atoms with Gasteiger partial charge in [-0.05, 0) is 24.6 Å². The lowest BCUT2D eigenvalue weighted by Gasteiger charge is -2.20. The van der Waals surface area contributed by atoms with Gasteiger partial charge in [0.15, 0.2) is 0 Å². The zero-order valence-electron chi connectivity index (χ0n) is 10.8. The molecule has 0 bridgehead atoms. The van der Waals surface area contributed by atoms with E-state index in [4.69, 9.17) is 9.84 Å². The van der Waals surface area contributed by atoms with Gasteiger partial charge in [-0.25, -0.2) is 9.59 Å². The molecule has 1 aliphatic heterocycles. The number of nitrogens with zero attached hydrogens (tertiary/aromatic N) is 1. The molecule has 1 aromatic rings. The van der Waals surface area contributed by atoms with E-state index >= 15 is 0 Å². The second-order valence-electron chi connectivity index (χ2n) is 4.42. The number of carbonyl (C=O) groups excluding carboxylic acids is 1. The van der Waals surface area contributed by atoms with Crippen LogP contribution in [-0.4, -0.2) is 53.4 Å². The molecule has 1 aliphatic rings. The fourth-order valence-corrected chi connectivity index (χ4v) is 1.94. The van der Waals surface area contributed by atoms with Gasteiger partial charge in [-0.2, -0.15) is 0 Å². The van der Waals surface area contributed by atoms with Crippen LogP contribution in [0.2, 0.25) is 0 Å². The number of aromatic carboxylic acids is 1. The number of aromatic hydroxyl groups is 1. The lowest BCUT2D eigenvalue weighted by molar-refractivity contribution is 0.0693. The van der Waals surface area contributed by atoms with E-state index in [0.29, 0.717) is 32.0 Å². The van der Waals surface area contributed by atoms with Crippen molar-refractivity contribution in [1.29, 1.82) is 0 Å². The SMILES string of the molecule is O=C(O)c1cc(NC(=O)N2CCCOCC2)ccc1O. The number of nitrogens with one attached hydrogen (secondary N) is 1. The maximum absolute atomic E-state index is 12.0. The molecule has 0 atom stereocenters. The quantitative estimate of drug-likeness (QED) is 0.710. The summed E-state index contributed by atoms with van der Waals surface area (Å²) in [4.78, 5) is 24.6. The Kier molecular flexibility index (Phi) is 4.41. The maximum atomic E-state index is 12.0. The van der Waals surface area contributed by atoms with E-state index in [2.05, 4.69) is 5.32 Å². The largest absolute Gasteiger partial charge is 0.507 e. The molecule has 7 heteroatoms. The molecule has 1 fully saturated rings. The van der Waals surface area contributed by atoms with Gasteiger partial charge in [0, 0.05) is 25.4 Å². The van der Waals surface area contributed by atoms with Crippen LogP contribution in [0, 0.1) is 0 Å². The molecular formula is C13H16N2O5. The van der Waals surface area contributed by atoms with E-state index in [-0.39, 0.29) is 17.3 Å². The summed E-state index contributed by atoms with van der Waals surface area (Å²) in [6.07, 6.45) is 0.767. The number of hydrogen-bond donors (Lipinski definition) is 3. The van der Waals surface area contributed by atoms with Crippen molar-refractivity contribution in [1.82, 2.24) is 4.90 Å². The lowest BCUT2D eigenvalue weighted by Crippen LogP contribution is -2.36. The molecule has 2 rings (SSSR count). The number of ether oxygens (including phenoxy) is 1. The highest BCUT2D eigenvalue weighted by atomic mass is 16.5. The average molecular weight is 280 g/mol. The Labute approximate surface area is 115 Å². The first kappa shape index (κ1) is 14.1. The number of hydrogen-bond acceptors (Lipinski definition) is 4. The van der Waals surface area contributed by atoms with Gasteiger partial charge in [0.05, 0.1) is 6.61 Å². The van der Waals surface area contributed by atoms with E-state index in [1.165, 1.54) is 18.2 Å². The molecular weight excluding hydrogens is 264 g/mol. The topological polar surface area (TPSA) is 99.1 Å². The summed E-state index contributed by atoms with van der Waals surface area (Å²) in [6, 6.07) is 3.61. The minimum Gasteiger partial charge on any atom is -0.507 e. The third-order valence-electron chi connectivity index (χ3n) is 2.99. The van der Waals surface area contributed by atoms with Crippen LogP contribution in [0.3, 0.4) is 0 Å². The number of phenols is 1. The molecule has 3 N–H and O–H groups in total. The van der Waals surface area contributed by atoms with Crippen molar-refractivity contribution in [3.8, 4) is 5.75 Å². The first-order valence-corrected chi connectivity index (χ1v) is 6.28. The first-order valence-electron chi connectivity index (χ1n) is 6.28. The van der Waals surface area contributed by atoms with E-state index < -0.39 is 5.97 Å². The number of amides is 2. The van der Waals surface area contributed by atoms with Gasteiger partial charge in [0.2, 0.25) is 0 Å². The highest BCUT2D eigenvalue weighted by Gasteiger charge is 2.17. The Morgan fingerprint density at radius 3 is 2.80 bits per heavy atom. The second kappa shape index (κ2) is 6.25. The zero-order chi connectivity index (χ0) is 14.5.